The van der Waals surface area contributed by atoms with Crippen molar-refractivity contribution in [1.82, 2.24) is 4.57 Å². The van der Waals surface area contributed by atoms with E-state index in [0.29, 0.717) is 10.5 Å². The van der Waals surface area contributed by atoms with Crippen LogP contribution in [0, 0.1) is 10.1 Å². The fraction of sp³-hybridized carbons (Fsp3) is 0.412. The van der Waals surface area contributed by atoms with Crippen molar-refractivity contribution >= 4 is 28.6 Å². The predicted octanol–water partition coefficient (Wildman–Crippen LogP) is 3.12. The van der Waals surface area contributed by atoms with Crippen molar-refractivity contribution in [2.24, 2.45) is 12.0 Å². The number of aromatic nitrogens is 1. The molecule has 1 fully saturated rings. The number of rotatable bonds is 3. The van der Waals surface area contributed by atoms with E-state index in [2.05, 4.69) is 9.89 Å². The summed E-state index contributed by atoms with van der Waals surface area (Å²) in [4.78, 5) is 30.2. The number of carbonyl (C=O) groups is 1. The van der Waals surface area contributed by atoms with E-state index in [9.17, 15) is 14.9 Å². The molecule has 8 heteroatoms. The number of benzene rings is 1. The van der Waals surface area contributed by atoms with E-state index >= 15 is 0 Å². The van der Waals surface area contributed by atoms with Gasteiger partial charge in [-0.3, -0.25) is 14.9 Å². The molecule has 3 rings (SSSR count). The zero-order valence-electron chi connectivity index (χ0n) is 14.1. The van der Waals surface area contributed by atoms with Crippen molar-refractivity contribution in [3.8, 4) is 0 Å². The van der Waals surface area contributed by atoms with Gasteiger partial charge in [0.15, 0.2) is 4.80 Å². The molecule has 1 saturated heterocycles. The van der Waals surface area contributed by atoms with Crippen LogP contribution in [-0.2, 0) is 7.05 Å². The Hall–Kier alpha value is -2.48. The molecule has 0 N–H and O–H groups in total. The molecule has 0 saturated carbocycles. The fourth-order valence-electron chi connectivity index (χ4n) is 2.97. The SMILES string of the molecule is Cn1ccsc1=NC(=O)c1ccc(N2CCCCCC2)c([N+](=O)[O-])c1. The molecule has 2 aromatic rings. The first-order chi connectivity index (χ1) is 12.1. The molecule has 1 aliphatic rings. The molecule has 25 heavy (non-hydrogen) atoms. The van der Waals surface area contributed by atoms with E-state index in [1.807, 2.05) is 11.6 Å². The summed E-state index contributed by atoms with van der Waals surface area (Å²) in [5.41, 5.74) is 0.794. The van der Waals surface area contributed by atoms with Crippen molar-refractivity contribution in [1.29, 1.82) is 0 Å². The predicted molar refractivity (Wildman–Crippen MR) is 97.0 cm³/mol. The number of carbonyl (C=O) groups excluding carboxylic acids is 1. The first kappa shape index (κ1) is 17.3. The van der Waals surface area contributed by atoms with Gasteiger partial charge in [0.05, 0.1) is 4.92 Å². The molecule has 0 spiro atoms. The Morgan fingerprint density at radius 1 is 1.24 bits per heavy atom. The van der Waals surface area contributed by atoms with Gasteiger partial charge in [-0.2, -0.15) is 4.99 Å². The molecule has 0 atom stereocenters. The van der Waals surface area contributed by atoms with Crippen LogP contribution in [0.4, 0.5) is 11.4 Å². The van der Waals surface area contributed by atoms with Crippen LogP contribution in [0.15, 0.2) is 34.8 Å². The van der Waals surface area contributed by atoms with E-state index in [4.69, 9.17) is 0 Å². The van der Waals surface area contributed by atoms with Gasteiger partial charge in [0.2, 0.25) is 0 Å². The lowest BCUT2D eigenvalue weighted by atomic mass is 10.1. The van der Waals surface area contributed by atoms with Crippen LogP contribution < -0.4 is 9.70 Å². The molecule has 1 aliphatic heterocycles. The van der Waals surface area contributed by atoms with Crippen molar-refractivity contribution in [2.75, 3.05) is 18.0 Å². The highest BCUT2D eigenvalue weighted by atomic mass is 32.1. The summed E-state index contributed by atoms with van der Waals surface area (Å²) in [6.45, 7) is 1.62. The van der Waals surface area contributed by atoms with Crippen LogP contribution >= 0.6 is 11.3 Å². The first-order valence-corrected chi connectivity index (χ1v) is 9.17. The van der Waals surface area contributed by atoms with E-state index < -0.39 is 10.8 Å². The topological polar surface area (TPSA) is 80.7 Å². The monoisotopic (exact) mass is 360 g/mol. The number of hydrogen-bond donors (Lipinski definition) is 0. The number of nitrogens with zero attached hydrogens (tertiary/aromatic N) is 4. The summed E-state index contributed by atoms with van der Waals surface area (Å²) >= 11 is 1.34. The number of nitro groups is 1. The highest BCUT2D eigenvalue weighted by Gasteiger charge is 2.22. The van der Waals surface area contributed by atoms with Gasteiger partial charge in [-0.1, -0.05) is 12.8 Å². The van der Waals surface area contributed by atoms with Crippen LogP contribution in [0.3, 0.4) is 0 Å². The zero-order valence-corrected chi connectivity index (χ0v) is 14.9. The van der Waals surface area contributed by atoms with Crippen LogP contribution in [0.1, 0.15) is 36.0 Å². The van der Waals surface area contributed by atoms with Gasteiger partial charge in [-0.05, 0) is 25.0 Å². The Labute approximate surface area is 149 Å². The van der Waals surface area contributed by atoms with Gasteiger partial charge >= 0.3 is 0 Å². The van der Waals surface area contributed by atoms with Gasteiger partial charge in [-0.15, -0.1) is 11.3 Å². The smallest absolute Gasteiger partial charge is 0.293 e. The quantitative estimate of drug-likeness (QED) is 0.622. The minimum atomic E-state index is -0.469. The minimum Gasteiger partial charge on any atom is -0.366 e. The summed E-state index contributed by atoms with van der Waals surface area (Å²) < 4.78 is 1.74. The molecular formula is C17H20N4O3S. The number of amides is 1. The average Bonchev–Trinajstić information content (AvgIpc) is 2.85. The van der Waals surface area contributed by atoms with Crippen LogP contribution in [-0.4, -0.2) is 28.5 Å². The maximum Gasteiger partial charge on any atom is 0.293 e. The van der Waals surface area contributed by atoms with Gasteiger partial charge in [0, 0.05) is 43.3 Å². The van der Waals surface area contributed by atoms with E-state index in [1.165, 1.54) is 17.4 Å². The lowest BCUT2D eigenvalue weighted by Crippen LogP contribution is -2.24. The van der Waals surface area contributed by atoms with E-state index in [0.717, 1.165) is 38.8 Å². The van der Waals surface area contributed by atoms with Crippen molar-refractivity contribution in [3.05, 3.63) is 50.3 Å². The average molecular weight is 360 g/mol. The number of hydrogen-bond acceptors (Lipinski definition) is 5. The summed E-state index contributed by atoms with van der Waals surface area (Å²) in [6.07, 6.45) is 6.17. The first-order valence-electron chi connectivity index (χ1n) is 8.29. The Kier molecular flexibility index (Phi) is 5.28. The summed E-state index contributed by atoms with van der Waals surface area (Å²) in [5.74, 6) is -0.469. The number of nitro benzene ring substituents is 1. The normalized spacial score (nSPS) is 15.9. The Morgan fingerprint density at radius 2 is 1.96 bits per heavy atom. The lowest BCUT2D eigenvalue weighted by Gasteiger charge is -2.22. The Morgan fingerprint density at radius 3 is 2.56 bits per heavy atom. The van der Waals surface area contributed by atoms with Crippen molar-refractivity contribution < 1.29 is 9.72 Å². The molecule has 1 aromatic carbocycles. The summed E-state index contributed by atoms with van der Waals surface area (Å²) in [6, 6.07) is 4.66. The van der Waals surface area contributed by atoms with Gasteiger partial charge in [0.25, 0.3) is 11.6 Å². The van der Waals surface area contributed by atoms with Crippen LogP contribution in [0.2, 0.25) is 0 Å². The summed E-state index contributed by atoms with van der Waals surface area (Å²) in [5, 5.41) is 13.4. The molecule has 7 nitrogen and oxygen atoms in total. The second-order valence-electron chi connectivity index (χ2n) is 6.08. The number of anilines is 1. The largest absolute Gasteiger partial charge is 0.366 e. The third-order valence-electron chi connectivity index (χ3n) is 4.32. The van der Waals surface area contributed by atoms with Crippen LogP contribution in [0.25, 0.3) is 0 Å². The van der Waals surface area contributed by atoms with Gasteiger partial charge < -0.3 is 9.47 Å². The molecule has 2 heterocycles. The molecule has 0 aliphatic carbocycles. The molecule has 1 aromatic heterocycles. The van der Waals surface area contributed by atoms with Crippen molar-refractivity contribution in [3.63, 3.8) is 0 Å². The zero-order chi connectivity index (χ0) is 17.8. The third kappa shape index (κ3) is 3.96. The van der Waals surface area contributed by atoms with E-state index in [-0.39, 0.29) is 11.3 Å². The highest BCUT2D eigenvalue weighted by Crippen LogP contribution is 2.31. The highest BCUT2D eigenvalue weighted by molar-refractivity contribution is 7.07. The molecule has 132 valence electrons. The second kappa shape index (κ2) is 7.60. The second-order valence-corrected chi connectivity index (χ2v) is 6.95. The summed E-state index contributed by atoms with van der Waals surface area (Å²) in [7, 11) is 1.80. The van der Waals surface area contributed by atoms with Crippen LogP contribution in [0.5, 0.6) is 0 Å². The molecule has 1 amide bonds. The standard InChI is InChI=1S/C17H20N4O3S/c1-19-10-11-25-17(19)18-16(22)13-6-7-14(15(12-13)21(23)24)20-8-4-2-3-5-9-20/h6-7,10-12H,2-5,8-9H2,1H3. The lowest BCUT2D eigenvalue weighted by molar-refractivity contribution is -0.384. The van der Waals surface area contributed by atoms with Crippen molar-refractivity contribution in [2.45, 2.75) is 25.7 Å². The van der Waals surface area contributed by atoms with Gasteiger partial charge in [-0.25, -0.2) is 0 Å². The molecule has 0 bridgehead atoms. The molecule has 0 unspecified atom stereocenters. The Bertz CT molecular complexity index is 848. The van der Waals surface area contributed by atoms with E-state index in [1.54, 1.807) is 23.7 Å². The minimum absolute atomic E-state index is 0.0292. The van der Waals surface area contributed by atoms with Gasteiger partial charge in [0.1, 0.15) is 5.69 Å². The third-order valence-corrected chi connectivity index (χ3v) is 5.17. The maximum atomic E-state index is 12.4. The Balaban J connectivity index is 1.95. The maximum absolute atomic E-state index is 12.4. The molecule has 0 radical (unpaired) electrons. The molecular weight excluding hydrogens is 340 g/mol. The number of aryl methyl sites for hydroxylation is 1. The fourth-order valence-corrected chi connectivity index (χ4v) is 3.70. The number of thiazole rings is 1.